The van der Waals surface area contributed by atoms with Gasteiger partial charge in [0, 0.05) is 28.2 Å². The Morgan fingerprint density at radius 2 is 2.26 bits per heavy atom. The summed E-state index contributed by atoms with van der Waals surface area (Å²) in [6.45, 7) is 3.77. The van der Waals surface area contributed by atoms with Crippen molar-refractivity contribution in [1.82, 2.24) is 15.3 Å². The van der Waals surface area contributed by atoms with Crippen LogP contribution in [0.4, 0.5) is 0 Å². The summed E-state index contributed by atoms with van der Waals surface area (Å²) in [7, 11) is 0. The van der Waals surface area contributed by atoms with E-state index in [2.05, 4.69) is 44.2 Å². The van der Waals surface area contributed by atoms with Crippen LogP contribution in [0.1, 0.15) is 12.5 Å². The molecular formula is C13H14BrN3OS. The Morgan fingerprint density at radius 1 is 1.42 bits per heavy atom. The highest BCUT2D eigenvalue weighted by Crippen LogP contribution is 2.29. The summed E-state index contributed by atoms with van der Waals surface area (Å²) >= 11 is 4.93. The van der Waals surface area contributed by atoms with Crippen molar-refractivity contribution >= 4 is 27.7 Å². The Labute approximate surface area is 124 Å². The SMILES string of the molecule is CCNCc1cc(Br)ccc1Sc1nccc(=O)[nH]1. The second kappa shape index (κ2) is 6.88. The van der Waals surface area contributed by atoms with Crippen molar-refractivity contribution < 1.29 is 0 Å². The number of hydrogen-bond acceptors (Lipinski definition) is 4. The molecule has 0 atom stereocenters. The van der Waals surface area contributed by atoms with Crippen molar-refractivity contribution in [2.75, 3.05) is 6.54 Å². The topological polar surface area (TPSA) is 57.8 Å². The van der Waals surface area contributed by atoms with Crippen molar-refractivity contribution in [2.24, 2.45) is 0 Å². The molecule has 0 saturated heterocycles. The molecule has 1 aromatic heterocycles. The summed E-state index contributed by atoms with van der Waals surface area (Å²) in [6.07, 6.45) is 1.52. The van der Waals surface area contributed by atoms with Crippen LogP contribution in [0.15, 0.2) is 49.8 Å². The van der Waals surface area contributed by atoms with Crippen molar-refractivity contribution in [1.29, 1.82) is 0 Å². The zero-order valence-electron chi connectivity index (χ0n) is 10.4. The van der Waals surface area contributed by atoms with Gasteiger partial charge in [0.15, 0.2) is 5.16 Å². The average molecular weight is 340 g/mol. The number of halogens is 1. The van der Waals surface area contributed by atoms with Gasteiger partial charge >= 0.3 is 0 Å². The molecular weight excluding hydrogens is 326 g/mol. The van der Waals surface area contributed by atoms with Crippen LogP contribution in [0.5, 0.6) is 0 Å². The first-order valence-electron chi connectivity index (χ1n) is 5.91. The molecule has 0 amide bonds. The van der Waals surface area contributed by atoms with Gasteiger partial charge in [0.25, 0.3) is 5.56 Å². The molecule has 0 radical (unpaired) electrons. The molecule has 0 aliphatic carbocycles. The molecule has 4 nitrogen and oxygen atoms in total. The molecule has 6 heteroatoms. The van der Waals surface area contributed by atoms with Crippen molar-refractivity contribution in [3.8, 4) is 0 Å². The molecule has 0 unspecified atom stereocenters. The fourth-order valence-corrected chi connectivity index (χ4v) is 2.83. The van der Waals surface area contributed by atoms with Crippen LogP contribution < -0.4 is 10.9 Å². The van der Waals surface area contributed by atoms with E-state index in [1.54, 1.807) is 0 Å². The number of benzene rings is 1. The van der Waals surface area contributed by atoms with E-state index < -0.39 is 0 Å². The van der Waals surface area contributed by atoms with Crippen LogP contribution in [0, 0.1) is 0 Å². The first kappa shape index (κ1) is 14.3. The lowest BCUT2D eigenvalue weighted by molar-refractivity contribution is 0.717. The van der Waals surface area contributed by atoms with Gasteiger partial charge < -0.3 is 10.3 Å². The maximum absolute atomic E-state index is 11.3. The number of H-pyrrole nitrogens is 1. The standard InChI is InChI=1S/C13H14BrN3OS/c1-2-15-8-9-7-10(14)3-4-11(9)19-13-16-6-5-12(18)17-13/h3-7,15H,2,8H2,1H3,(H,16,17,18). The molecule has 2 rings (SSSR count). The molecule has 2 aromatic rings. The van der Waals surface area contributed by atoms with Gasteiger partial charge in [0.1, 0.15) is 0 Å². The number of rotatable bonds is 5. The average Bonchev–Trinajstić information content (AvgIpc) is 2.39. The second-order valence-electron chi connectivity index (χ2n) is 3.87. The zero-order valence-corrected chi connectivity index (χ0v) is 12.8. The van der Waals surface area contributed by atoms with Gasteiger partial charge in [0.05, 0.1) is 0 Å². The van der Waals surface area contributed by atoms with E-state index in [0.29, 0.717) is 5.16 Å². The molecule has 2 N–H and O–H groups in total. The third-order valence-corrected chi connectivity index (χ3v) is 3.95. The molecule has 1 aromatic carbocycles. The number of nitrogens with one attached hydrogen (secondary N) is 2. The summed E-state index contributed by atoms with van der Waals surface area (Å²) in [5.74, 6) is 0. The quantitative estimate of drug-likeness (QED) is 0.822. The Morgan fingerprint density at radius 3 is 3.00 bits per heavy atom. The summed E-state index contributed by atoms with van der Waals surface area (Å²) in [6, 6.07) is 7.49. The Hall–Kier alpha value is -1.11. The molecule has 19 heavy (non-hydrogen) atoms. The molecule has 100 valence electrons. The van der Waals surface area contributed by atoms with E-state index in [0.717, 1.165) is 22.5 Å². The molecule has 1 heterocycles. The lowest BCUT2D eigenvalue weighted by Crippen LogP contribution is -2.12. The zero-order chi connectivity index (χ0) is 13.7. The smallest absolute Gasteiger partial charge is 0.251 e. The summed E-state index contributed by atoms with van der Waals surface area (Å²) < 4.78 is 1.04. The highest BCUT2D eigenvalue weighted by molar-refractivity contribution is 9.10. The minimum absolute atomic E-state index is 0.136. The lowest BCUT2D eigenvalue weighted by atomic mass is 10.2. The van der Waals surface area contributed by atoms with E-state index >= 15 is 0 Å². The minimum Gasteiger partial charge on any atom is -0.313 e. The first-order valence-corrected chi connectivity index (χ1v) is 7.52. The van der Waals surface area contributed by atoms with E-state index in [4.69, 9.17) is 0 Å². The molecule has 0 aliphatic rings. The highest BCUT2D eigenvalue weighted by Gasteiger charge is 2.06. The summed E-state index contributed by atoms with van der Waals surface area (Å²) in [5, 5.41) is 3.91. The molecule has 0 fully saturated rings. The second-order valence-corrected chi connectivity index (χ2v) is 5.82. The Bertz CT molecular complexity index is 615. The number of aromatic nitrogens is 2. The first-order chi connectivity index (χ1) is 9.19. The summed E-state index contributed by atoms with van der Waals surface area (Å²) in [4.78, 5) is 19.2. The van der Waals surface area contributed by atoms with E-state index in [1.807, 2.05) is 12.1 Å². The van der Waals surface area contributed by atoms with Crippen LogP contribution in [0.2, 0.25) is 0 Å². The fourth-order valence-electron chi connectivity index (χ4n) is 1.55. The van der Waals surface area contributed by atoms with Gasteiger partial charge in [-0.3, -0.25) is 4.79 Å². The third-order valence-electron chi connectivity index (χ3n) is 2.44. The van der Waals surface area contributed by atoms with Crippen LogP contribution >= 0.6 is 27.7 Å². The number of hydrogen-bond donors (Lipinski definition) is 2. The van der Waals surface area contributed by atoms with Gasteiger partial charge in [0.2, 0.25) is 0 Å². The summed E-state index contributed by atoms with van der Waals surface area (Å²) in [5.41, 5.74) is 1.04. The van der Waals surface area contributed by atoms with Gasteiger partial charge in [-0.25, -0.2) is 4.98 Å². The molecule has 0 bridgehead atoms. The van der Waals surface area contributed by atoms with E-state index in [9.17, 15) is 4.79 Å². The maximum Gasteiger partial charge on any atom is 0.251 e. The fraction of sp³-hybridized carbons (Fsp3) is 0.231. The van der Waals surface area contributed by atoms with Crippen LogP contribution in [-0.2, 0) is 6.54 Å². The van der Waals surface area contributed by atoms with Crippen molar-refractivity contribution in [3.05, 3.63) is 50.9 Å². The monoisotopic (exact) mass is 339 g/mol. The largest absolute Gasteiger partial charge is 0.313 e. The highest BCUT2D eigenvalue weighted by atomic mass is 79.9. The predicted molar refractivity (Wildman–Crippen MR) is 80.5 cm³/mol. The van der Waals surface area contributed by atoms with E-state index in [1.165, 1.54) is 29.6 Å². The van der Waals surface area contributed by atoms with Gasteiger partial charge in [-0.2, -0.15) is 0 Å². The van der Waals surface area contributed by atoms with Gasteiger partial charge in [-0.05, 0) is 30.3 Å². The van der Waals surface area contributed by atoms with E-state index in [-0.39, 0.29) is 5.56 Å². The molecule has 0 saturated carbocycles. The van der Waals surface area contributed by atoms with Gasteiger partial charge in [-0.15, -0.1) is 0 Å². The normalized spacial score (nSPS) is 10.6. The van der Waals surface area contributed by atoms with Crippen molar-refractivity contribution in [2.45, 2.75) is 23.5 Å². The van der Waals surface area contributed by atoms with Crippen LogP contribution in [0.25, 0.3) is 0 Å². The Balaban J connectivity index is 2.26. The van der Waals surface area contributed by atoms with Gasteiger partial charge in [-0.1, -0.05) is 34.6 Å². The van der Waals surface area contributed by atoms with Crippen LogP contribution in [0.3, 0.4) is 0 Å². The van der Waals surface area contributed by atoms with Crippen LogP contribution in [-0.4, -0.2) is 16.5 Å². The number of nitrogens with zero attached hydrogens (tertiary/aromatic N) is 1. The maximum atomic E-state index is 11.3. The minimum atomic E-state index is -0.136. The lowest BCUT2D eigenvalue weighted by Gasteiger charge is -2.09. The predicted octanol–water partition coefficient (Wildman–Crippen LogP) is 2.79. The number of aromatic amines is 1. The third kappa shape index (κ3) is 4.19. The molecule has 0 aliphatic heterocycles. The Kier molecular flexibility index (Phi) is 5.18. The van der Waals surface area contributed by atoms with Crippen molar-refractivity contribution in [3.63, 3.8) is 0 Å². The molecule has 0 spiro atoms.